The van der Waals surface area contributed by atoms with Crippen LogP contribution in [-0.2, 0) is 10.0 Å². The molecule has 2 heterocycles. The Bertz CT molecular complexity index is 773. The monoisotopic (exact) mass is 355 g/mol. The van der Waals surface area contributed by atoms with Gasteiger partial charge in [0.05, 0.1) is 0 Å². The number of halogens is 2. The first-order chi connectivity index (χ1) is 11.0. The molecule has 1 aliphatic heterocycles. The molecule has 0 N–H and O–H groups in total. The van der Waals surface area contributed by atoms with Crippen molar-refractivity contribution in [2.45, 2.75) is 4.90 Å². The average Bonchev–Trinajstić information content (AvgIpc) is 2.56. The Morgan fingerprint density at radius 2 is 1.65 bits per heavy atom. The summed E-state index contributed by atoms with van der Waals surface area (Å²) in [6.07, 6.45) is 1.27. The normalized spacial score (nSPS) is 16.5. The highest BCUT2D eigenvalue weighted by Crippen LogP contribution is 2.21. The van der Waals surface area contributed by atoms with Crippen molar-refractivity contribution >= 4 is 27.3 Å². The molecule has 0 unspecified atom stereocenters. The molecule has 0 amide bonds. The van der Waals surface area contributed by atoms with Crippen molar-refractivity contribution in [1.29, 1.82) is 0 Å². The molecule has 1 fully saturated rings. The number of hydrogen-bond acceptors (Lipinski definition) is 4. The summed E-state index contributed by atoms with van der Waals surface area (Å²) in [4.78, 5) is 5.99. The molecule has 23 heavy (non-hydrogen) atoms. The summed E-state index contributed by atoms with van der Waals surface area (Å²) in [6.45, 7) is 1.82. The van der Waals surface area contributed by atoms with Gasteiger partial charge in [-0.25, -0.2) is 17.8 Å². The molecule has 3 rings (SSSR count). The van der Waals surface area contributed by atoms with E-state index in [1.165, 1.54) is 34.8 Å². The van der Waals surface area contributed by atoms with Crippen LogP contribution in [0.5, 0.6) is 0 Å². The maximum absolute atomic E-state index is 13.0. The molecule has 0 bridgehead atoms. The number of nitrogens with zero attached hydrogens (tertiary/aromatic N) is 3. The molecule has 1 saturated heterocycles. The van der Waals surface area contributed by atoms with Gasteiger partial charge < -0.3 is 4.90 Å². The SMILES string of the molecule is O=S(=O)(c1ccc(Cl)nc1)N1CCN(c2ccc(F)cc2)CC1. The van der Waals surface area contributed by atoms with Crippen LogP contribution in [-0.4, -0.2) is 43.9 Å². The van der Waals surface area contributed by atoms with E-state index in [2.05, 4.69) is 4.98 Å². The number of sulfonamides is 1. The van der Waals surface area contributed by atoms with Crippen molar-refractivity contribution in [1.82, 2.24) is 9.29 Å². The topological polar surface area (TPSA) is 53.5 Å². The lowest BCUT2D eigenvalue weighted by atomic mass is 10.2. The van der Waals surface area contributed by atoms with Gasteiger partial charge >= 0.3 is 0 Å². The third kappa shape index (κ3) is 3.46. The first-order valence-electron chi connectivity index (χ1n) is 7.09. The van der Waals surface area contributed by atoms with Crippen LogP contribution in [0.3, 0.4) is 0 Å². The zero-order chi connectivity index (χ0) is 16.4. The Balaban J connectivity index is 1.70. The summed E-state index contributed by atoms with van der Waals surface area (Å²) in [5.41, 5.74) is 0.886. The van der Waals surface area contributed by atoms with E-state index in [1.54, 1.807) is 12.1 Å². The van der Waals surface area contributed by atoms with Gasteiger partial charge in [-0.05, 0) is 36.4 Å². The van der Waals surface area contributed by atoms with E-state index in [0.717, 1.165) is 5.69 Å². The standard InChI is InChI=1S/C15H15ClFN3O2S/c16-15-6-5-14(11-18-15)23(21,22)20-9-7-19(8-10-20)13-3-1-12(17)2-4-13/h1-6,11H,7-10H2. The number of aromatic nitrogens is 1. The highest BCUT2D eigenvalue weighted by Gasteiger charge is 2.28. The first-order valence-corrected chi connectivity index (χ1v) is 8.91. The predicted molar refractivity (Wildman–Crippen MR) is 86.6 cm³/mol. The van der Waals surface area contributed by atoms with Gasteiger partial charge in [0.25, 0.3) is 0 Å². The third-order valence-electron chi connectivity index (χ3n) is 3.77. The van der Waals surface area contributed by atoms with Gasteiger partial charge in [-0.2, -0.15) is 4.31 Å². The molecule has 122 valence electrons. The van der Waals surface area contributed by atoms with Crippen LogP contribution < -0.4 is 4.90 Å². The highest BCUT2D eigenvalue weighted by atomic mass is 35.5. The molecule has 1 aliphatic rings. The third-order valence-corrected chi connectivity index (χ3v) is 5.87. The molecule has 2 aromatic rings. The molecule has 0 radical (unpaired) electrons. The molecule has 8 heteroatoms. The fourth-order valence-corrected chi connectivity index (χ4v) is 3.98. The van der Waals surface area contributed by atoms with Crippen LogP contribution >= 0.6 is 11.6 Å². The Labute approximate surface area is 139 Å². The molecular weight excluding hydrogens is 341 g/mol. The zero-order valence-corrected chi connectivity index (χ0v) is 13.8. The second-order valence-corrected chi connectivity index (χ2v) is 7.51. The summed E-state index contributed by atoms with van der Waals surface area (Å²) >= 11 is 5.69. The molecular formula is C15H15ClFN3O2S. The van der Waals surface area contributed by atoms with E-state index in [4.69, 9.17) is 11.6 Å². The van der Waals surface area contributed by atoms with Gasteiger partial charge in [0, 0.05) is 38.1 Å². The molecule has 0 spiro atoms. The van der Waals surface area contributed by atoms with E-state index in [9.17, 15) is 12.8 Å². The molecule has 1 aromatic heterocycles. The van der Waals surface area contributed by atoms with Crippen LogP contribution in [0.4, 0.5) is 10.1 Å². The summed E-state index contributed by atoms with van der Waals surface area (Å²) in [7, 11) is -3.57. The largest absolute Gasteiger partial charge is 0.369 e. The van der Waals surface area contributed by atoms with Gasteiger partial charge in [-0.15, -0.1) is 0 Å². The van der Waals surface area contributed by atoms with Gasteiger partial charge in [0.15, 0.2) is 0 Å². The number of anilines is 1. The van der Waals surface area contributed by atoms with E-state index in [1.807, 2.05) is 4.90 Å². The molecule has 0 saturated carbocycles. The van der Waals surface area contributed by atoms with Gasteiger partial charge in [0.1, 0.15) is 15.9 Å². The number of rotatable bonds is 3. The molecule has 5 nitrogen and oxygen atoms in total. The van der Waals surface area contributed by atoms with Crippen LogP contribution in [0.15, 0.2) is 47.5 Å². The van der Waals surface area contributed by atoms with Gasteiger partial charge in [-0.3, -0.25) is 0 Å². The predicted octanol–water partition coefficient (Wildman–Crippen LogP) is 2.39. The van der Waals surface area contributed by atoms with E-state index in [0.29, 0.717) is 26.2 Å². The maximum atomic E-state index is 13.0. The minimum atomic E-state index is -3.57. The fourth-order valence-electron chi connectivity index (χ4n) is 2.50. The number of benzene rings is 1. The van der Waals surface area contributed by atoms with Crippen LogP contribution in [0.2, 0.25) is 5.15 Å². The van der Waals surface area contributed by atoms with Crippen molar-refractivity contribution in [3.8, 4) is 0 Å². The molecule has 1 aromatic carbocycles. The summed E-state index contributed by atoms with van der Waals surface area (Å²) in [5.74, 6) is -0.287. The molecule has 0 aliphatic carbocycles. The smallest absolute Gasteiger partial charge is 0.244 e. The Hall–Kier alpha value is -1.70. The fraction of sp³-hybridized carbons (Fsp3) is 0.267. The minimum Gasteiger partial charge on any atom is -0.369 e. The minimum absolute atomic E-state index is 0.136. The zero-order valence-electron chi connectivity index (χ0n) is 12.2. The Kier molecular flexibility index (Phi) is 4.52. The Morgan fingerprint density at radius 1 is 1.00 bits per heavy atom. The van der Waals surface area contributed by atoms with E-state index < -0.39 is 10.0 Å². The first kappa shape index (κ1) is 16.2. The Morgan fingerprint density at radius 3 is 2.22 bits per heavy atom. The summed E-state index contributed by atoms with van der Waals surface area (Å²) < 4.78 is 39.5. The molecule has 0 atom stereocenters. The van der Waals surface area contributed by atoms with Crippen molar-refractivity contribution in [3.05, 3.63) is 53.6 Å². The summed E-state index contributed by atoms with van der Waals surface area (Å²) in [6, 6.07) is 9.11. The van der Waals surface area contributed by atoms with Crippen molar-refractivity contribution in [2.24, 2.45) is 0 Å². The number of hydrogen-bond donors (Lipinski definition) is 0. The van der Waals surface area contributed by atoms with Crippen LogP contribution in [0.1, 0.15) is 0 Å². The summed E-state index contributed by atoms with van der Waals surface area (Å²) in [5, 5.41) is 0.255. The number of piperazine rings is 1. The van der Waals surface area contributed by atoms with Crippen molar-refractivity contribution < 1.29 is 12.8 Å². The van der Waals surface area contributed by atoms with Crippen molar-refractivity contribution in [2.75, 3.05) is 31.1 Å². The average molecular weight is 356 g/mol. The van der Waals surface area contributed by atoms with Crippen molar-refractivity contribution in [3.63, 3.8) is 0 Å². The maximum Gasteiger partial charge on any atom is 0.244 e. The van der Waals surface area contributed by atoms with Gasteiger partial charge in [-0.1, -0.05) is 11.6 Å². The van der Waals surface area contributed by atoms with E-state index in [-0.39, 0.29) is 15.9 Å². The lowest BCUT2D eigenvalue weighted by molar-refractivity contribution is 0.384. The van der Waals surface area contributed by atoms with Gasteiger partial charge in [0.2, 0.25) is 10.0 Å². The highest BCUT2D eigenvalue weighted by molar-refractivity contribution is 7.89. The second-order valence-electron chi connectivity index (χ2n) is 5.18. The lowest BCUT2D eigenvalue weighted by Gasteiger charge is -2.35. The second kappa shape index (κ2) is 6.43. The quantitative estimate of drug-likeness (QED) is 0.793. The van der Waals surface area contributed by atoms with Crippen LogP contribution in [0, 0.1) is 5.82 Å². The lowest BCUT2D eigenvalue weighted by Crippen LogP contribution is -2.48. The number of pyridine rings is 1. The van der Waals surface area contributed by atoms with Crippen LogP contribution in [0.25, 0.3) is 0 Å². The van der Waals surface area contributed by atoms with E-state index >= 15 is 0 Å².